The molecule has 2 N–H and O–H groups in total. The molecule has 0 aliphatic heterocycles. The summed E-state index contributed by atoms with van der Waals surface area (Å²) < 4.78 is 27.1. The minimum absolute atomic E-state index is 0.00574. The van der Waals surface area contributed by atoms with Crippen molar-refractivity contribution in [2.45, 2.75) is 13.3 Å². The van der Waals surface area contributed by atoms with E-state index in [2.05, 4.69) is 15.6 Å². The first-order valence-corrected chi connectivity index (χ1v) is 6.12. The molecule has 0 bridgehead atoms. The largest absolute Gasteiger partial charge is 0.368 e. The summed E-state index contributed by atoms with van der Waals surface area (Å²) in [5, 5.41) is 5.65. The second-order valence-corrected chi connectivity index (χ2v) is 4.07. The lowest BCUT2D eigenvalue weighted by molar-refractivity contribution is 0.579. The van der Waals surface area contributed by atoms with Gasteiger partial charge < -0.3 is 10.6 Å². The number of hydrogen-bond donors (Lipinski definition) is 2. The number of nitrogens with one attached hydrogen (secondary N) is 2. The lowest BCUT2D eigenvalue weighted by atomic mass is 10.3. The van der Waals surface area contributed by atoms with Crippen molar-refractivity contribution in [1.29, 1.82) is 0 Å². The van der Waals surface area contributed by atoms with E-state index in [4.69, 9.17) is 0 Å². The Labute approximate surface area is 110 Å². The van der Waals surface area contributed by atoms with Crippen LogP contribution in [-0.2, 0) is 0 Å². The van der Waals surface area contributed by atoms with Gasteiger partial charge in [0.15, 0.2) is 23.3 Å². The molecule has 1 heterocycles. The molecule has 0 saturated heterocycles. The lowest BCUT2D eigenvalue weighted by Crippen LogP contribution is -2.07. The van der Waals surface area contributed by atoms with Crippen molar-refractivity contribution in [2.24, 2.45) is 0 Å². The van der Waals surface area contributed by atoms with Gasteiger partial charge in [-0.05, 0) is 18.6 Å². The molecule has 0 spiro atoms. The van der Waals surface area contributed by atoms with Crippen molar-refractivity contribution in [1.82, 2.24) is 4.98 Å². The molecule has 0 saturated carbocycles. The number of hydrogen-bond acceptors (Lipinski definition) is 3. The summed E-state index contributed by atoms with van der Waals surface area (Å²) in [6, 6.07) is 9.89. The van der Waals surface area contributed by atoms with Crippen molar-refractivity contribution >= 4 is 17.3 Å². The third-order valence-electron chi connectivity index (χ3n) is 2.51. The number of para-hydroxylation sites is 1. The minimum Gasteiger partial charge on any atom is -0.368 e. The number of benzene rings is 1. The molecule has 5 heteroatoms. The highest BCUT2D eigenvalue weighted by Crippen LogP contribution is 2.22. The molecule has 2 aromatic rings. The predicted molar refractivity (Wildman–Crippen MR) is 72.7 cm³/mol. The summed E-state index contributed by atoms with van der Waals surface area (Å²) in [5.41, 5.74) is 0.696. The molecule has 0 unspecified atom stereocenters. The van der Waals surface area contributed by atoms with E-state index in [1.165, 1.54) is 0 Å². The van der Waals surface area contributed by atoms with Crippen LogP contribution in [0.2, 0.25) is 0 Å². The highest BCUT2D eigenvalue weighted by atomic mass is 19.1. The normalized spacial score (nSPS) is 10.3. The molecule has 100 valence electrons. The van der Waals surface area contributed by atoms with Gasteiger partial charge in [0.05, 0.1) is 0 Å². The predicted octanol–water partition coefficient (Wildman–Crippen LogP) is 3.93. The highest BCUT2D eigenvalue weighted by molar-refractivity contribution is 5.58. The van der Waals surface area contributed by atoms with Crippen LogP contribution in [0.25, 0.3) is 0 Å². The van der Waals surface area contributed by atoms with Crippen LogP contribution in [0.5, 0.6) is 0 Å². The Kier molecular flexibility index (Phi) is 4.28. The van der Waals surface area contributed by atoms with Crippen LogP contribution >= 0.6 is 0 Å². The van der Waals surface area contributed by atoms with Gasteiger partial charge in [-0.2, -0.15) is 0 Å². The zero-order chi connectivity index (χ0) is 13.7. The number of halogens is 2. The fraction of sp³-hybridized carbons (Fsp3) is 0.214. The SMILES string of the molecule is CCCNc1nc(Nc2ccccc2)c(F)cc1F. The first kappa shape index (κ1) is 13.3. The fourth-order valence-corrected chi connectivity index (χ4v) is 1.58. The molecule has 0 aliphatic carbocycles. The number of anilines is 3. The molecule has 0 atom stereocenters. The molecular weight excluding hydrogens is 248 g/mol. The molecule has 0 aliphatic rings. The summed E-state index contributed by atoms with van der Waals surface area (Å²) in [4.78, 5) is 3.93. The van der Waals surface area contributed by atoms with Crippen molar-refractivity contribution < 1.29 is 8.78 Å². The van der Waals surface area contributed by atoms with E-state index in [0.717, 1.165) is 12.5 Å². The van der Waals surface area contributed by atoms with Gasteiger partial charge in [-0.3, -0.25) is 0 Å². The maximum Gasteiger partial charge on any atom is 0.169 e. The molecule has 2 rings (SSSR count). The summed E-state index contributed by atoms with van der Waals surface area (Å²) >= 11 is 0. The van der Waals surface area contributed by atoms with Gasteiger partial charge in [0.2, 0.25) is 0 Å². The van der Waals surface area contributed by atoms with Gasteiger partial charge in [0.1, 0.15) is 0 Å². The number of nitrogens with zero attached hydrogens (tertiary/aromatic N) is 1. The maximum atomic E-state index is 13.6. The van der Waals surface area contributed by atoms with Gasteiger partial charge >= 0.3 is 0 Å². The standard InChI is InChI=1S/C14H15F2N3/c1-2-8-17-13-11(15)9-12(16)14(19-13)18-10-6-4-3-5-7-10/h3-7,9H,2,8H2,1H3,(H2,17,18,19). The third-order valence-corrected chi connectivity index (χ3v) is 2.51. The van der Waals surface area contributed by atoms with Crippen molar-refractivity contribution in [3.63, 3.8) is 0 Å². The quantitative estimate of drug-likeness (QED) is 0.858. The van der Waals surface area contributed by atoms with Crippen LogP contribution in [0.15, 0.2) is 36.4 Å². The third kappa shape index (κ3) is 3.40. The van der Waals surface area contributed by atoms with E-state index >= 15 is 0 Å². The van der Waals surface area contributed by atoms with E-state index in [1.807, 2.05) is 25.1 Å². The van der Waals surface area contributed by atoms with E-state index in [0.29, 0.717) is 12.2 Å². The molecule has 19 heavy (non-hydrogen) atoms. The van der Waals surface area contributed by atoms with E-state index in [9.17, 15) is 8.78 Å². The zero-order valence-corrected chi connectivity index (χ0v) is 10.6. The van der Waals surface area contributed by atoms with E-state index in [-0.39, 0.29) is 11.6 Å². The highest BCUT2D eigenvalue weighted by Gasteiger charge is 2.11. The van der Waals surface area contributed by atoms with E-state index in [1.54, 1.807) is 12.1 Å². The maximum absolute atomic E-state index is 13.6. The number of aromatic nitrogens is 1. The lowest BCUT2D eigenvalue weighted by Gasteiger charge is -2.10. The second-order valence-electron chi connectivity index (χ2n) is 4.07. The summed E-state index contributed by atoms with van der Waals surface area (Å²) in [6.45, 7) is 2.54. The molecule has 0 amide bonds. The number of pyridine rings is 1. The Bertz CT molecular complexity index is 544. The van der Waals surface area contributed by atoms with Gasteiger partial charge in [-0.25, -0.2) is 13.8 Å². The Balaban J connectivity index is 2.24. The van der Waals surface area contributed by atoms with Crippen LogP contribution in [-0.4, -0.2) is 11.5 Å². The van der Waals surface area contributed by atoms with E-state index < -0.39 is 11.6 Å². The molecule has 1 aromatic heterocycles. The summed E-state index contributed by atoms with van der Waals surface area (Å²) in [5.74, 6) is -1.35. The molecule has 0 fully saturated rings. The summed E-state index contributed by atoms with van der Waals surface area (Å²) in [7, 11) is 0. The first-order chi connectivity index (χ1) is 9.20. The van der Waals surface area contributed by atoms with Gasteiger partial charge in [0, 0.05) is 18.3 Å². The Morgan fingerprint density at radius 3 is 2.42 bits per heavy atom. The first-order valence-electron chi connectivity index (χ1n) is 6.12. The van der Waals surface area contributed by atoms with Crippen LogP contribution < -0.4 is 10.6 Å². The van der Waals surface area contributed by atoms with Gasteiger partial charge in [-0.1, -0.05) is 25.1 Å². The zero-order valence-electron chi connectivity index (χ0n) is 10.6. The molecule has 0 radical (unpaired) electrons. The summed E-state index contributed by atoms with van der Waals surface area (Å²) in [6.07, 6.45) is 0.833. The Hall–Kier alpha value is -2.17. The molecular formula is C14H15F2N3. The molecule has 1 aromatic carbocycles. The topological polar surface area (TPSA) is 37.0 Å². The van der Waals surface area contributed by atoms with Crippen molar-refractivity contribution in [2.75, 3.05) is 17.2 Å². The Morgan fingerprint density at radius 2 is 1.74 bits per heavy atom. The van der Waals surface area contributed by atoms with Crippen LogP contribution in [0.3, 0.4) is 0 Å². The van der Waals surface area contributed by atoms with Crippen molar-refractivity contribution in [3.8, 4) is 0 Å². The Morgan fingerprint density at radius 1 is 1.05 bits per heavy atom. The number of rotatable bonds is 5. The second kappa shape index (κ2) is 6.13. The van der Waals surface area contributed by atoms with Gasteiger partial charge in [-0.15, -0.1) is 0 Å². The monoisotopic (exact) mass is 263 g/mol. The average molecular weight is 263 g/mol. The van der Waals surface area contributed by atoms with Gasteiger partial charge in [0.25, 0.3) is 0 Å². The minimum atomic E-state index is -0.719. The van der Waals surface area contributed by atoms with Crippen molar-refractivity contribution in [3.05, 3.63) is 48.0 Å². The fourth-order valence-electron chi connectivity index (χ4n) is 1.58. The smallest absolute Gasteiger partial charge is 0.169 e. The average Bonchev–Trinajstić information content (AvgIpc) is 2.42. The van der Waals surface area contributed by atoms with Crippen LogP contribution in [0.4, 0.5) is 26.1 Å². The van der Waals surface area contributed by atoms with Crippen LogP contribution in [0.1, 0.15) is 13.3 Å². The molecule has 3 nitrogen and oxygen atoms in total. The van der Waals surface area contributed by atoms with Crippen LogP contribution in [0, 0.1) is 11.6 Å².